The lowest BCUT2D eigenvalue weighted by Gasteiger charge is -2.34. The van der Waals surface area contributed by atoms with Crippen LogP contribution < -0.4 is 5.32 Å². The average Bonchev–Trinajstić information content (AvgIpc) is 3.16. The van der Waals surface area contributed by atoms with Gasteiger partial charge in [0, 0.05) is 29.1 Å². The maximum absolute atomic E-state index is 3.66. The molecule has 1 aliphatic heterocycles. The molecule has 0 radical (unpaired) electrons. The Morgan fingerprint density at radius 1 is 1.35 bits per heavy atom. The first-order valence-electron chi connectivity index (χ1n) is 8.02. The molecular weight excluding hydrogens is 312 g/mol. The molecule has 2 nitrogen and oxygen atoms in total. The molecule has 3 rings (SSSR count). The molecule has 3 heteroatoms. The largest absolute Gasteiger partial charge is 0.313 e. The van der Waals surface area contributed by atoms with Crippen molar-refractivity contribution in [2.45, 2.75) is 57.2 Å². The topological polar surface area (TPSA) is 15.3 Å². The van der Waals surface area contributed by atoms with Crippen molar-refractivity contribution in [3.8, 4) is 0 Å². The Bertz CT molecular complexity index is 438. The molecule has 20 heavy (non-hydrogen) atoms. The molecule has 110 valence electrons. The van der Waals surface area contributed by atoms with Gasteiger partial charge in [0.2, 0.25) is 0 Å². The summed E-state index contributed by atoms with van der Waals surface area (Å²) in [5, 5.41) is 3.66. The second-order valence-electron chi connectivity index (χ2n) is 6.20. The van der Waals surface area contributed by atoms with Crippen LogP contribution in [0.15, 0.2) is 28.7 Å². The molecule has 1 N–H and O–H groups in total. The van der Waals surface area contributed by atoms with Crippen LogP contribution in [0.3, 0.4) is 0 Å². The van der Waals surface area contributed by atoms with Crippen LogP contribution in [-0.4, -0.2) is 30.1 Å². The molecule has 1 aromatic rings. The zero-order valence-corrected chi connectivity index (χ0v) is 13.9. The highest BCUT2D eigenvalue weighted by Gasteiger charge is 2.35. The monoisotopic (exact) mass is 336 g/mol. The lowest BCUT2D eigenvalue weighted by molar-refractivity contribution is 0.166. The van der Waals surface area contributed by atoms with E-state index in [0.717, 1.165) is 6.04 Å². The van der Waals surface area contributed by atoms with Gasteiger partial charge in [0.25, 0.3) is 0 Å². The smallest absolute Gasteiger partial charge is 0.0349 e. The van der Waals surface area contributed by atoms with E-state index >= 15 is 0 Å². The minimum absolute atomic E-state index is 0.572. The Balaban J connectivity index is 1.76. The number of nitrogens with zero attached hydrogens (tertiary/aromatic N) is 1. The lowest BCUT2D eigenvalue weighted by atomic mass is 10.0. The average molecular weight is 337 g/mol. The van der Waals surface area contributed by atoms with Crippen molar-refractivity contribution in [1.29, 1.82) is 0 Å². The Morgan fingerprint density at radius 3 is 2.80 bits per heavy atom. The van der Waals surface area contributed by atoms with E-state index in [0.29, 0.717) is 12.1 Å². The van der Waals surface area contributed by atoms with Crippen LogP contribution in [0.2, 0.25) is 0 Å². The Labute approximate surface area is 131 Å². The summed E-state index contributed by atoms with van der Waals surface area (Å²) >= 11 is 3.62. The van der Waals surface area contributed by atoms with Crippen molar-refractivity contribution in [2.75, 3.05) is 13.1 Å². The van der Waals surface area contributed by atoms with E-state index in [1.165, 1.54) is 55.2 Å². The van der Waals surface area contributed by atoms with Crippen LogP contribution in [0.25, 0.3) is 0 Å². The minimum Gasteiger partial charge on any atom is -0.313 e. The predicted octanol–water partition coefficient (Wildman–Crippen LogP) is 4.12. The molecular formula is C17H25BrN2. The quantitative estimate of drug-likeness (QED) is 0.840. The normalized spacial score (nSPS) is 24.2. The number of benzene rings is 1. The molecule has 0 amide bonds. The first kappa shape index (κ1) is 14.6. The van der Waals surface area contributed by atoms with Crippen LogP contribution in [0.1, 0.15) is 50.6 Å². The maximum atomic E-state index is 3.66. The van der Waals surface area contributed by atoms with Crippen molar-refractivity contribution in [3.63, 3.8) is 0 Å². The third kappa shape index (κ3) is 3.44. The van der Waals surface area contributed by atoms with Gasteiger partial charge in [-0.25, -0.2) is 0 Å². The van der Waals surface area contributed by atoms with Gasteiger partial charge in [0.05, 0.1) is 0 Å². The van der Waals surface area contributed by atoms with Gasteiger partial charge in [0.15, 0.2) is 0 Å². The molecule has 1 heterocycles. The van der Waals surface area contributed by atoms with E-state index in [2.05, 4.69) is 57.3 Å². The van der Waals surface area contributed by atoms with Gasteiger partial charge in [-0.2, -0.15) is 0 Å². The minimum atomic E-state index is 0.572. The Hall–Kier alpha value is -0.380. The van der Waals surface area contributed by atoms with Crippen LogP contribution >= 0.6 is 15.9 Å². The summed E-state index contributed by atoms with van der Waals surface area (Å²) in [6, 6.07) is 11.0. The zero-order chi connectivity index (χ0) is 13.9. The summed E-state index contributed by atoms with van der Waals surface area (Å²) in [4.78, 5) is 2.77. The Kier molecular flexibility index (Phi) is 4.79. The first-order valence-corrected chi connectivity index (χ1v) is 8.82. The van der Waals surface area contributed by atoms with Crippen molar-refractivity contribution in [3.05, 3.63) is 34.3 Å². The summed E-state index contributed by atoms with van der Waals surface area (Å²) in [5.74, 6) is 0. The third-order valence-electron chi connectivity index (χ3n) is 4.63. The molecule has 0 aromatic heterocycles. The van der Waals surface area contributed by atoms with Crippen LogP contribution in [0, 0.1) is 0 Å². The van der Waals surface area contributed by atoms with E-state index in [1.54, 1.807) is 0 Å². The lowest BCUT2D eigenvalue weighted by Crippen LogP contribution is -2.40. The van der Waals surface area contributed by atoms with Gasteiger partial charge in [-0.3, -0.25) is 4.90 Å². The molecule has 1 saturated carbocycles. The predicted molar refractivity (Wildman–Crippen MR) is 87.9 cm³/mol. The maximum Gasteiger partial charge on any atom is 0.0349 e. The highest BCUT2D eigenvalue weighted by molar-refractivity contribution is 9.10. The molecule has 1 aliphatic carbocycles. The first-order chi connectivity index (χ1) is 9.78. The highest BCUT2D eigenvalue weighted by atomic mass is 79.9. The second-order valence-corrected chi connectivity index (χ2v) is 7.12. The van der Waals surface area contributed by atoms with Gasteiger partial charge in [-0.1, -0.05) is 35.0 Å². The van der Waals surface area contributed by atoms with Gasteiger partial charge in [-0.05, 0) is 56.3 Å². The van der Waals surface area contributed by atoms with E-state index < -0.39 is 0 Å². The summed E-state index contributed by atoms with van der Waals surface area (Å²) in [6.07, 6.45) is 6.66. The summed E-state index contributed by atoms with van der Waals surface area (Å²) in [6.45, 7) is 4.75. The van der Waals surface area contributed by atoms with Crippen LogP contribution in [0.5, 0.6) is 0 Å². The number of rotatable bonds is 6. The van der Waals surface area contributed by atoms with Crippen molar-refractivity contribution >= 4 is 15.9 Å². The number of hydrogen-bond acceptors (Lipinski definition) is 2. The van der Waals surface area contributed by atoms with Crippen LogP contribution in [0.4, 0.5) is 0 Å². The van der Waals surface area contributed by atoms with E-state index in [9.17, 15) is 0 Å². The van der Waals surface area contributed by atoms with Crippen molar-refractivity contribution in [1.82, 2.24) is 10.2 Å². The van der Waals surface area contributed by atoms with Crippen LogP contribution in [-0.2, 0) is 0 Å². The van der Waals surface area contributed by atoms with Crippen molar-refractivity contribution in [2.24, 2.45) is 0 Å². The standard InChI is InChI=1S/C17H25BrN2/c1-2-17(13-5-3-6-14(18)11-13)20(16-8-9-16)12-15-7-4-10-19-15/h3,5-6,11,15-17,19H,2,4,7-10,12H2,1H3. The Morgan fingerprint density at radius 2 is 2.20 bits per heavy atom. The molecule has 1 aromatic carbocycles. The van der Waals surface area contributed by atoms with Gasteiger partial charge in [-0.15, -0.1) is 0 Å². The highest BCUT2D eigenvalue weighted by Crippen LogP contribution is 2.37. The number of halogens is 1. The molecule has 2 fully saturated rings. The van der Waals surface area contributed by atoms with Gasteiger partial charge < -0.3 is 5.32 Å². The molecule has 2 aliphatic rings. The molecule has 2 unspecified atom stereocenters. The fourth-order valence-electron chi connectivity index (χ4n) is 3.48. The molecule has 1 saturated heterocycles. The molecule has 0 bridgehead atoms. The zero-order valence-electron chi connectivity index (χ0n) is 12.3. The van der Waals surface area contributed by atoms with Crippen molar-refractivity contribution < 1.29 is 0 Å². The molecule has 2 atom stereocenters. The fraction of sp³-hybridized carbons (Fsp3) is 0.647. The van der Waals surface area contributed by atoms with Gasteiger partial charge in [0.1, 0.15) is 0 Å². The van der Waals surface area contributed by atoms with E-state index in [-0.39, 0.29) is 0 Å². The second kappa shape index (κ2) is 6.59. The number of nitrogens with one attached hydrogen (secondary N) is 1. The molecule has 0 spiro atoms. The third-order valence-corrected chi connectivity index (χ3v) is 5.12. The summed E-state index contributed by atoms with van der Waals surface area (Å²) in [5.41, 5.74) is 1.46. The SMILES string of the molecule is CCC(c1cccc(Br)c1)N(CC1CCCN1)C1CC1. The number of hydrogen-bond donors (Lipinski definition) is 1. The van der Waals surface area contributed by atoms with Gasteiger partial charge >= 0.3 is 0 Å². The summed E-state index contributed by atoms with van der Waals surface area (Å²) in [7, 11) is 0. The van der Waals surface area contributed by atoms with E-state index in [1.807, 2.05) is 0 Å². The van der Waals surface area contributed by atoms with E-state index in [4.69, 9.17) is 0 Å². The summed E-state index contributed by atoms with van der Waals surface area (Å²) < 4.78 is 1.20. The fourth-order valence-corrected chi connectivity index (χ4v) is 3.90.